The fourth-order valence-electron chi connectivity index (χ4n) is 1.18. The van der Waals surface area contributed by atoms with E-state index in [1.165, 1.54) is 6.92 Å². The van der Waals surface area contributed by atoms with Crippen LogP contribution in [0.25, 0.3) is 0 Å². The molecule has 0 radical (unpaired) electrons. The predicted octanol–water partition coefficient (Wildman–Crippen LogP) is 2.47. The standard InChI is InChI=1S/C10H12INO2/c1-3-14-10-8(6(2)13)4-7(11)5-9(10)12/h4-5H,3,12H2,1-2H3. The van der Waals surface area contributed by atoms with Crippen LogP contribution in [0.3, 0.4) is 0 Å². The van der Waals surface area contributed by atoms with E-state index in [1.807, 2.05) is 6.92 Å². The number of carbonyl (C=O) groups excluding carboxylic acids is 1. The second kappa shape index (κ2) is 4.63. The Kier molecular flexibility index (Phi) is 3.74. The van der Waals surface area contributed by atoms with Gasteiger partial charge in [0.1, 0.15) is 0 Å². The van der Waals surface area contributed by atoms with E-state index in [9.17, 15) is 4.79 Å². The van der Waals surface area contributed by atoms with E-state index in [0.717, 1.165) is 3.57 Å². The van der Waals surface area contributed by atoms with Crippen LogP contribution < -0.4 is 10.5 Å². The summed E-state index contributed by atoms with van der Waals surface area (Å²) in [6, 6.07) is 3.57. The van der Waals surface area contributed by atoms with E-state index in [0.29, 0.717) is 23.6 Å². The van der Waals surface area contributed by atoms with Crippen molar-refractivity contribution in [2.24, 2.45) is 0 Å². The lowest BCUT2D eigenvalue weighted by Gasteiger charge is -2.11. The van der Waals surface area contributed by atoms with Crippen molar-refractivity contribution in [3.05, 3.63) is 21.3 Å². The summed E-state index contributed by atoms with van der Waals surface area (Å²) < 4.78 is 6.27. The van der Waals surface area contributed by atoms with Crippen LogP contribution in [0.4, 0.5) is 5.69 Å². The third-order valence-electron chi connectivity index (χ3n) is 1.75. The zero-order valence-corrected chi connectivity index (χ0v) is 10.3. The molecule has 1 rings (SSSR count). The molecule has 0 unspecified atom stereocenters. The number of carbonyl (C=O) groups is 1. The van der Waals surface area contributed by atoms with Crippen LogP contribution in [0.5, 0.6) is 5.75 Å². The number of halogens is 1. The average molecular weight is 305 g/mol. The summed E-state index contributed by atoms with van der Waals surface area (Å²) in [6.07, 6.45) is 0. The maximum absolute atomic E-state index is 11.3. The highest BCUT2D eigenvalue weighted by Crippen LogP contribution is 2.29. The highest BCUT2D eigenvalue weighted by atomic mass is 127. The van der Waals surface area contributed by atoms with Crippen LogP contribution in [-0.2, 0) is 0 Å². The average Bonchev–Trinajstić information content (AvgIpc) is 2.09. The van der Waals surface area contributed by atoms with Crippen molar-refractivity contribution in [2.75, 3.05) is 12.3 Å². The number of benzene rings is 1. The maximum Gasteiger partial charge on any atom is 0.163 e. The van der Waals surface area contributed by atoms with Crippen LogP contribution in [0, 0.1) is 3.57 Å². The first-order chi connectivity index (χ1) is 6.56. The van der Waals surface area contributed by atoms with Gasteiger partial charge in [-0.25, -0.2) is 0 Å². The van der Waals surface area contributed by atoms with Crippen LogP contribution in [0.1, 0.15) is 24.2 Å². The summed E-state index contributed by atoms with van der Waals surface area (Å²) in [6.45, 7) is 3.87. The smallest absolute Gasteiger partial charge is 0.163 e. The Morgan fingerprint density at radius 3 is 2.71 bits per heavy atom. The number of Topliss-reactive ketones (excluding diaryl/α,β-unsaturated/α-hetero) is 1. The van der Waals surface area contributed by atoms with Crippen LogP contribution in [0.2, 0.25) is 0 Å². The molecule has 0 aliphatic heterocycles. The second-order valence-corrected chi connectivity index (χ2v) is 4.11. The van der Waals surface area contributed by atoms with Gasteiger partial charge in [0.2, 0.25) is 0 Å². The molecule has 0 saturated carbocycles. The molecule has 0 spiro atoms. The first kappa shape index (κ1) is 11.3. The van der Waals surface area contributed by atoms with Crippen LogP contribution in [0.15, 0.2) is 12.1 Å². The Hall–Kier alpha value is -0.780. The van der Waals surface area contributed by atoms with Crippen LogP contribution in [-0.4, -0.2) is 12.4 Å². The van der Waals surface area contributed by atoms with Gasteiger partial charge in [0.25, 0.3) is 0 Å². The molecule has 0 fully saturated rings. The van der Waals surface area contributed by atoms with E-state index in [2.05, 4.69) is 22.6 Å². The molecule has 14 heavy (non-hydrogen) atoms. The molecule has 0 bridgehead atoms. The molecule has 0 amide bonds. The van der Waals surface area contributed by atoms with Gasteiger partial charge in [0, 0.05) is 3.57 Å². The number of nitrogens with two attached hydrogens (primary N) is 1. The first-order valence-corrected chi connectivity index (χ1v) is 5.37. The van der Waals surface area contributed by atoms with E-state index in [1.54, 1.807) is 12.1 Å². The molecule has 1 aromatic carbocycles. The summed E-state index contributed by atoms with van der Waals surface area (Å²) >= 11 is 2.12. The third-order valence-corrected chi connectivity index (χ3v) is 2.37. The molecule has 0 heterocycles. The number of anilines is 1. The van der Waals surface area contributed by atoms with Crippen molar-refractivity contribution in [3.8, 4) is 5.75 Å². The second-order valence-electron chi connectivity index (χ2n) is 2.86. The highest BCUT2D eigenvalue weighted by Gasteiger charge is 2.12. The SMILES string of the molecule is CCOc1c(N)cc(I)cc1C(C)=O. The Bertz CT molecular complexity index is 363. The van der Waals surface area contributed by atoms with Gasteiger partial charge in [-0.05, 0) is 48.6 Å². The van der Waals surface area contributed by atoms with Crippen molar-refractivity contribution in [1.29, 1.82) is 0 Å². The van der Waals surface area contributed by atoms with Crippen molar-refractivity contribution in [1.82, 2.24) is 0 Å². The summed E-state index contributed by atoms with van der Waals surface area (Å²) in [7, 11) is 0. The monoisotopic (exact) mass is 305 g/mol. The van der Waals surface area contributed by atoms with Gasteiger partial charge in [-0.1, -0.05) is 0 Å². The topological polar surface area (TPSA) is 52.3 Å². The van der Waals surface area contributed by atoms with Gasteiger partial charge in [0.05, 0.1) is 17.9 Å². The maximum atomic E-state index is 11.3. The minimum atomic E-state index is -0.0290. The molecule has 2 N–H and O–H groups in total. The van der Waals surface area contributed by atoms with E-state index in [-0.39, 0.29) is 5.78 Å². The van der Waals surface area contributed by atoms with Crippen molar-refractivity contribution >= 4 is 34.1 Å². The summed E-state index contributed by atoms with van der Waals surface area (Å²) in [5, 5.41) is 0. The minimum absolute atomic E-state index is 0.0290. The number of hydrogen-bond donors (Lipinski definition) is 1. The Morgan fingerprint density at radius 2 is 2.21 bits per heavy atom. The molecule has 0 aromatic heterocycles. The quantitative estimate of drug-likeness (QED) is 0.530. The van der Waals surface area contributed by atoms with Gasteiger partial charge in [-0.3, -0.25) is 4.79 Å². The van der Waals surface area contributed by atoms with E-state index >= 15 is 0 Å². The summed E-state index contributed by atoms with van der Waals surface area (Å²) in [4.78, 5) is 11.3. The highest BCUT2D eigenvalue weighted by molar-refractivity contribution is 14.1. The molecule has 4 heteroatoms. The predicted molar refractivity (Wildman–Crippen MR) is 64.7 cm³/mol. The molecular weight excluding hydrogens is 293 g/mol. The van der Waals surface area contributed by atoms with Crippen molar-refractivity contribution in [2.45, 2.75) is 13.8 Å². The largest absolute Gasteiger partial charge is 0.491 e. The number of rotatable bonds is 3. The van der Waals surface area contributed by atoms with Crippen molar-refractivity contribution in [3.63, 3.8) is 0 Å². The molecule has 0 saturated heterocycles. The number of hydrogen-bond acceptors (Lipinski definition) is 3. The Balaban J connectivity index is 3.28. The third kappa shape index (κ3) is 2.37. The van der Waals surface area contributed by atoms with Crippen molar-refractivity contribution < 1.29 is 9.53 Å². The molecule has 0 aliphatic carbocycles. The Morgan fingerprint density at radius 1 is 1.57 bits per heavy atom. The summed E-state index contributed by atoms with van der Waals surface area (Å²) in [5.41, 5.74) is 6.83. The lowest BCUT2D eigenvalue weighted by molar-refractivity contribution is 0.101. The van der Waals surface area contributed by atoms with Gasteiger partial charge in [0.15, 0.2) is 11.5 Å². The lowest BCUT2D eigenvalue weighted by atomic mass is 10.1. The molecule has 76 valence electrons. The van der Waals surface area contributed by atoms with E-state index in [4.69, 9.17) is 10.5 Å². The van der Waals surface area contributed by atoms with Gasteiger partial charge in [-0.2, -0.15) is 0 Å². The van der Waals surface area contributed by atoms with Crippen LogP contribution >= 0.6 is 22.6 Å². The molecule has 1 aromatic rings. The van der Waals surface area contributed by atoms with Gasteiger partial charge >= 0.3 is 0 Å². The zero-order chi connectivity index (χ0) is 10.7. The number of nitrogen functional groups attached to an aromatic ring is 1. The van der Waals surface area contributed by atoms with E-state index < -0.39 is 0 Å². The number of ether oxygens (including phenoxy) is 1. The minimum Gasteiger partial charge on any atom is -0.491 e. The summed E-state index contributed by atoms with van der Waals surface area (Å²) in [5.74, 6) is 0.471. The molecule has 0 atom stereocenters. The lowest BCUT2D eigenvalue weighted by Crippen LogP contribution is -2.04. The van der Waals surface area contributed by atoms with Gasteiger partial charge < -0.3 is 10.5 Å². The molecule has 0 aliphatic rings. The fourth-order valence-corrected chi connectivity index (χ4v) is 1.83. The zero-order valence-electron chi connectivity index (χ0n) is 8.13. The molecular formula is C10H12INO2. The first-order valence-electron chi connectivity index (χ1n) is 4.29. The fraction of sp³-hybridized carbons (Fsp3) is 0.300. The normalized spacial score (nSPS) is 9.93. The van der Waals surface area contributed by atoms with Gasteiger partial charge in [-0.15, -0.1) is 0 Å². The molecule has 3 nitrogen and oxygen atoms in total. The number of ketones is 1. The Labute approximate surface area is 96.8 Å².